The van der Waals surface area contributed by atoms with Gasteiger partial charge in [0.2, 0.25) is 0 Å². The molecule has 1 aromatic heterocycles. The fourth-order valence-electron chi connectivity index (χ4n) is 1.41. The second-order valence-corrected chi connectivity index (χ2v) is 3.52. The van der Waals surface area contributed by atoms with Crippen LogP contribution in [0, 0.1) is 0 Å². The Bertz CT molecular complexity index is 351. The summed E-state index contributed by atoms with van der Waals surface area (Å²) in [6.07, 6.45) is 1.74. The molecule has 1 rings (SSSR count). The number of hydrogen-bond donors (Lipinski definition) is 2. The number of aromatic nitrogens is 1. The Morgan fingerprint density at radius 2 is 2.38 bits per heavy atom. The number of pyridine rings is 1. The summed E-state index contributed by atoms with van der Waals surface area (Å²) in [6, 6.07) is 4.98. The molecule has 0 aliphatic rings. The molecule has 5 nitrogen and oxygen atoms in total. The van der Waals surface area contributed by atoms with Gasteiger partial charge in [-0.05, 0) is 6.07 Å². The highest BCUT2D eigenvalue weighted by Crippen LogP contribution is 1.85. The molecule has 0 bridgehead atoms. The van der Waals surface area contributed by atoms with Crippen LogP contribution in [0.3, 0.4) is 0 Å². The van der Waals surface area contributed by atoms with Crippen LogP contribution in [0.4, 0.5) is 0 Å². The average Bonchev–Trinajstić information content (AvgIpc) is 2.30. The van der Waals surface area contributed by atoms with E-state index in [2.05, 4.69) is 5.32 Å². The Kier molecular flexibility index (Phi) is 5.77. The fourth-order valence-corrected chi connectivity index (χ4v) is 1.41. The van der Waals surface area contributed by atoms with Crippen LogP contribution in [-0.4, -0.2) is 42.6 Å². The largest absolute Gasteiger partial charge is 0.395 e. The van der Waals surface area contributed by atoms with Crippen molar-refractivity contribution in [3.8, 4) is 0 Å². The molecule has 1 unspecified atom stereocenters. The maximum atomic E-state index is 11.4. The minimum atomic E-state index is -0.0792. The summed E-state index contributed by atoms with van der Waals surface area (Å²) in [7, 11) is 1.59. The predicted octanol–water partition coefficient (Wildman–Crippen LogP) is -0.555. The van der Waals surface area contributed by atoms with Crippen molar-refractivity contribution in [1.29, 1.82) is 0 Å². The topological polar surface area (TPSA) is 63.5 Å². The van der Waals surface area contributed by atoms with E-state index >= 15 is 0 Å². The van der Waals surface area contributed by atoms with Crippen LogP contribution in [-0.2, 0) is 11.3 Å². The van der Waals surface area contributed by atoms with Gasteiger partial charge in [-0.2, -0.15) is 0 Å². The van der Waals surface area contributed by atoms with E-state index in [1.54, 1.807) is 23.9 Å². The number of hydrogen-bond acceptors (Lipinski definition) is 4. The molecule has 0 saturated carbocycles. The van der Waals surface area contributed by atoms with Gasteiger partial charge in [-0.25, -0.2) is 0 Å². The van der Waals surface area contributed by atoms with E-state index in [0.29, 0.717) is 19.7 Å². The van der Waals surface area contributed by atoms with Crippen molar-refractivity contribution >= 4 is 0 Å². The molecule has 1 heterocycles. The van der Waals surface area contributed by atoms with Crippen LogP contribution in [0.1, 0.15) is 0 Å². The molecule has 0 amide bonds. The van der Waals surface area contributed by atoms with Crippen LogP contribution in [0.2, 0.25) is 0 Å². The van der Waals surface area contributed by atoms with Crippen LogP contribution < -0.4 is 10.9 Å². The molecule has 0 spiro atoms. The van der Waals surface area contributed by atoms with Crippen LogP contribution in [0.15, 0.2) is 29.2 Å². The molecule has 16 heavy (non-hydrogen) atoms. The summed E-state index contributed by atoms with van der Waals surface area (Å²) >= 11 is 0. The van der Waals surface area contributed by atoms with E-state index in [9.17, 15) is 4.79 Å². The highest BCUT2D eigenvalue weighted by atomic mass is 16.5. The normalized spacial score (nSPS) is 12.6. The Labute approximate surface area is 94.7 Å². The molecule has 5 heteroatoms. The number of nitrogens with zero attached hydrogens (tertiary/aromatic N) is 1. The SMILES string of the molecule is COCC(CO)NCCn1ccccc1=O. The second kappa shape index (κ2) is 7.16. The van der Waals surface area contributed by atoms with Crippen LogP contribution in [0.25, 0.3) is 0 Å². The standard InChI is InChI=1S/C11H18N2O3/c1-16-9-10(8-14)12-5-7-13-6-3-2-4-11(13)15/h2-4,6,10,12,14H,5,7-9H2,1H3. The summed E-state index contributed by atoms with van der Waals surface area (Å²) in [4.78, 5) is 11.4. The first kappa shape index (κ1) is 12.9. The highest BCUT2D eigenvalue weighted by Gasteiger charge is 2.04. The van der Waals surface area contributed by atoms with Gasteiger partial charge in [0.15, 0.2) is 0 Å². The van der Waals surface area contributed by atoms with E-state index in [0.717, 1.165) is 0 Å². The van der Waals surface area contributed by atoms with Gasteiger partial charge in [-0.3, -0.25) is 4.79 Å². The first-order valence-corrected chi connectivity index (χ1v) is 5.26. The lowest BCUT2D eigenvalue weighted by atomic mass is 10.3. The quantitative estimate of drug-likeness (QED) is 0.654. The zero-order valence-corrected chi connectivity index (χ0v) is 9.43. The number of methoxy groups -OCH3 is 1. The van der Waals surface area contributed by atoms with E-state index in [1.807, 2.05) is 6.07 Å². The van der Waals surface area contributed by atoms with E-state index in [1.165, 1.54) is 6.07 Å². The van der Waals surface area contributed by atoms with Gasteiger partial charge in [0.05, 0.1) is 19.3 Å². The van der Waals surface area contributed by atoms with Gasteiger partial charge in [-0.1, -0.05) is 6.07 Å². The Morgan fingerprint density at radius 3 is 3.00 bits per heavy atom. The lowest BCUT2D eigenvalue weighted by Gasteiger charge is -2.15. The second-order valence-electron chi connectivity index (χ2n) is 3.52. The van der Waals surface area contributed by atoms with Crippen molar-refractivity contribution in [3.05, 3.63) is 34.7 Å². The van der Waals surface area contributed by atoms with Gasteiger partial charge in [0.25, 0.3) is 5.56 Å². The third-order valence-corrected chi connectivity index (χ3v) is 2.27. The monoisotopic (exact) mass is 226 g/mol. The fraction of sp³-hybridized carbons (Fsp3) is 0.545. The van der Waals surface area contributed by atoms with Crippen molar-refractivity contribution in [2.45, 2.75) is 12.6 Å². The molecule has 0 radical (unpaired) electrons. The Balaban J connectivity index is 2.35. The molecule has 90 valence electrons. The van der Waals surface area contributed by atoms with E-state index in [-0.39, 0.29) is 18.2 Å². The Morgan fingerprint density at radius 1 is 1.56 bits per heavy atom. The van der Waals surface area contributed by atoms with E-state index in [4.69, 9.17) is 9.84 Å². The zero-order chi connectivity index (χ0) is 11.8. The smallest absolute Gasteiger partial charge is 0.250 e. The summed E-state index contributed by atoms with van der Waals surface area (Å²) in [6.45, 7) is 1.69. The predicted molar refractivity (Wildman–Crippen MR) is 61.5 cm³/mol. The maximum absolute atomic E-state index is 11.4. The maximum Gasteiger partial charge on any atom is 0.250 e. The first-order valence-electron chi connectivity index (χ1n) is 5.26. The van der Waals surface area contributed by atoms with Crippen molar-refractivity contribution in [1.82, 2.24) is 9.88 Å². The lowest BCUT2D eigenvalue weighted by Crippen LogP contribution is -2.39. The molecular weight excluding hydrogens is 208 g/mol. The van der Waals surface area contributed by atoms with E-state index < -0.39 is 0 Å². The first-order chi connectivity index (χ1) is 7.77. The number of aliphatic hydroxyl groups is 1. The third kappa shape index (κ3) is 4.14. The van der Waals surface area contributed by atoms with Crippen molar-refractivity contribution < 1.29 is 9.84 Å². The van der Waals surface area contributed by atoms with Crippen LogP contribution in [0.5, 0.6) is 0 Å². The third-order valence-electron chi connectivity index (χ3n) is 2.27. The molecule has 0 aliphatic carbocycles. The summed E-state index contributed by atoms with van der Waals surface area (Å²) < 4.78 is 6.55. The number of rotatable bonds is 7. The minimum absolute atomic E-state index is 0.0170. The molecule has 0 saturated heterocycles. The van der Waals surface area contributed by atoms with Gasteiger partial charge >= 0.3 is 0 Å². The van der Waals surface area contributed by atoms with Gasteiger partial charge in [0, 0.05) is 32.5 Å². The molecule has 0 fully saturated rings. The molecule has 0 aliphatic heterocycles. The minimum Gasteiger partial charge on any atom is -0.395 e. The summed E-state index contributed by atoms with van der Waals surface area (Å²) in [5, 5.41) is 12.1. The number of nitrogens with one attached hydrogen (secondary N) is 1. The zero-order valence-electron chi connectivity index (χ0n) is 9.43. The van der Waals surface area contributed by atoms with Gasteiger partial charge in [-0.15, -0.1) is 0 Å². The molecule has 0 aromatic carbocycles. The summed E-state index contributed by atoms with van der Waals surface area (Å²) in [5.74, 6) is 0. The van der Waals surface area contributed by atoms with Gasteiger partial charge < -0.3 is 19.7 Å². The summed E-state index contributed by atoms with van der Waals surface area (Å²) in [5.41, 5.74) is -0.0170. The molecular formula is C11H18N2O3. The molecule has 2 N–H and O–H groups in total. The molecule has 1 atom stereocenters. The van der Waals surface area contributed by atoms with Crippen molar-refractivity contribution in [2.24, 2.45) is 0 Å². The number of aliphatic hydroxyl groups excluding tert-OH is 1. The highest BCUT2D eigenvalue weighted by molar-refractivity contribution is 4.93. The lowest BCUT2D eigenvalue weighted by molar-refractivity contribution is 0.128. The van der Waals surface area contributed by atoms with Crippen LogP contribution >= 0.6 is 0 Å². The van der Waals surface area contributed by atoms with Gasteiger partial charge in [0.1, 0.15) is 0 Å². The average molecular weight is 226 g/mol. The molecule has 1 aromatic rings. The van der Waals surface area contributed by atoms with Crippen molar-refractivity contribution in [2.75, 3.05) is 26.9 Å². The van der Waals surface area contributed by atoms with Crippen molar-refractivity contribution in [3.63, 3.8) is 0 Å². The number of ether oxygens (including phenoxy) is 1. The Hall–Kier alpha value is -1.17.